The molecule has 0 saturated heterocycles. The van der Waals surface area contributed by atoms with Crippen LogP contribution in [0.2, 0.25) is 5.02 Å². The Labute approximate surface area is 125 Å². The second-order valence-corrected chi connectivity index (χ2v) is 5.36. The van der Waals surface area contributed by atoms with Crippen LogP contribution in [0.1, 0.15) is 6.92 Å². The highest BCUT2D eigenvalue weighted by Gasteiger charge is 2.16. The Bertz CT molecular complexity index is 463. The molecule has 1 unspecified atom stereocenters. The van der Waals surface area contributed by atoms with Crippen LogP contribution in [-0.4, -0.2) is 31.5 Å². The monoisotopic (exact) mass is 324 g/mol. The Morgan fingerprint density at radius 3 is 2.80 bits per heavy atom. The molecule has 0 fully saturated rings. The molecule has 0 saturated carbocycles. The molecule has 0 radical (unpaired) electrons. The highest BCUT2D eigenvalue weighted by atomic mass is 35.5. The maximum Gasteiger partial charge on any atom is 0.319 e. The predicted molar refractivity (Wildman–Crippen MR) is 76.8 cm³/mol. The number of hydrogen-bond donors (Lipinski definition) is 2. The Kier molecular flexibility index (Phi) is 7.04. The minimum atomic E-state index is -2.62. The van der Waals surface area contributed by atoms with Gasteiger partial charge in [-0.1, -0.05) is 29.4 Å². The molecule has 0 aliphatic carbocycles. The number of hydrogen-bond acceptors (Lipinski definition) is 3. The standard InChI is InChI=1S/C12H15ClF2N2O2S/c1-7(6-19-2)16-12(18)17-9-5-3-4-8(13)10(9)20-11(14)15/h3-5,7,11H,6H2,1-2H3,(H2,16,17,18). The van der Waals surface area contributed by atoms with Crippen LogP contribution in [0.15, 0.2) is 23.1 Å². The average Bonchev–Trinajstić information content (AvgIpc) is 2.33. The molecule has 0 aliphatic heterocycles. The summed E-state index contributed by atoms with van der Waals surface area (Å²) >= 11 is 6.16. The van der Waals surface area contributed by atoms with Gasteiger partial charge < -0.3 is 15.4 Å². The summed E-state index contributed by atoms with van der Waals surface area (Å²) in [4.78, 5) is 11.9. The van der Waals surface area contributed by atoms with Crippen molar-refractivity contribution >= 4 is 35.1 Å². The molecule has 0 aliphatic rings. The van der Waals surface area contributed by atoms with Crippen molar-refractivity contribution in [2.24, 2.45) is 0 Å². The third-order valence-electron chi connectivity index (χ3n) is 2.22. The van der Waals surface area contributed by atoms with Crippen molar-refractivity contribution in [1.82, 2.24) is 5.32 Å². The predicted octanol–water partition coefficient (Wildman–Crippen LogP) is 3.81. The summed E-state index contributed by atoms with van der Waals surface area (Å²) in [6.07, 6.45) is 0. The van der Waals surface area contributed by atoms with E-state index in [1.807, 2.05) is 0 Å². The molecule has 112 valence electrons. The van der Waals surface area contributed by atoms with Gasteiger partial charge in [-0.15, -0.1) is 0 Å². The largest absolute Gasteiger partial charge is 0.383 e. The zero-order valence-electron chi connectivity index (χ0n) is 11.0. The average molecular weight is 325 g/mol. The number of thioether (sulfide) groups is 1. The molecule has 1 atom stereocenters. The molecule has 0 aromatic heterocycles. The van der Waals surface area contributed by atoms with Crippen molar-refractivity contribution in [2.45, 2.75) is 23.6 Å². The molecule has 0 bridgehead atoms. The highest BCUT2D eigenvalue weighted by molar-refractivity contribution is 7.99. The van der Waals surface area contributed by atoms with E-state index >= 15 is 0 Å². The fraction of sp³-hybridized carbons (Fsp3) is 0.417. The summed E-state index contributed by atoms with van der Waals surface area (Å²) in [6.45, 7) is 2.11. The van der Waals surface area contributed by atoms with Gasteiger partial charge in [0.15, 0.2) is 0 Å². The van der Waals surface area contributed by atoms with E-state index in [2.05, 4.69) is 10.6 Å². The molecular formula is C12H15ClF2N2O2S. The van der Waals surface area contributed by atoms with E-state index in [4.69, 9.17) is 16.3 Å². The van der Waals surface area contributed by atoms with Crippen LogP contribution in [0.5, 0.6) is 0 Å². The number of methoxy groups -OCH3 is 1. The maximum absolute atomic E-state index is 12.5. The van der Waals surface area contributed by atoms with E-state index in [-0.39, 0.29) is 21.6 Å². The van der Waals surface area contributed by atoms with Gasteiger partial charge in [0.1, 0.15) is 0 Å². The maximum atomic E-state index is 12.5. The third-order valence-corrected chi connectivity index (χ3v) is 3.50. The summed E-state index contributed by atoms with van der Waals surface area (Å²) < 4.78 is 29.9. The fourth-order valence-corrected chi connectivity index (χ4v) is 2.40. The van der Waals surface area contributed by atoms with Gasteiger partial charge in [0.25, 0.3) is 5.76 Å². The van der Waals surface area contributed by atoms with Gasteiger partial charge >= 0.3 is 6.03 Å². The molecule has 1 aromatic carbocycles. The van der Waals surface area contributed by atoms with Crippen molar-refractivity contribution in [3.8, 4) is 0 Å². The first-order chi connectivity index (χ1) is 9.43. The zero-order chi connectivity index (χ0) is 15.1. The second kappa shape index (κ2) is 8.28. The van der Waals surface area contributed by atoms with Crippen LogP contribution in [0, 0.1) is 0 Å². The van der Waals surface area contributed by atoms with Crippen molar-refractivity contribution in [3.05, 3.63) is 23.2 Å². The molecule has 0 spiro atoms. The number of halogens is 3. The number of urea groups is 1. The number of alkyl halides is 2. The van der Waals surface area contributed by atoms with Crippen LogP contribution in [0.3, 0.4) is 0 Å². The Morgan fingerprint density at radius 1 is 1.50 bits per heavy atom. The van der Waals surface area contributed by atoms with Crippen LogP contribution in [-0.2, 0) is 4.74 Å². The Morgan fingerprint density at radius 2 is 2.20 bits per heavy atom. The molecule has 4 nitrogen and oxygen atoms in total. The lowest BCUT2D eigenvalue weighted by Gasteiger charge is -2.16. The smallest absolute Gasteiger partial charge is 0.319 e. The second-order valence-electron chi connectivity index (χ2n) is 3.95. The minimum Gasteiger partial charge on any atom is -0.383 e. The van der Waals surface area contributed by atoms with Crippen LogP contribution >= 0.6 is 23.4 Å². The van der Waals surface area contributed by atoms with Gasteiger partial charge in [-0.05, 0) is 19.1 Å². The summed E-state index contributed by atoms with van der Waals surface area (Å²) in [7, 11) is 1.52. The number of benzene rings is 1. The summed E-state index contributed by atoms with van der Waals surface area (Å²) in [5, 5.41) is 5.28. The first-order valence-electron chi connectivity index (χ1n) is 5.73. The SMILES string of the molecule is COCC(C)NC(=O)Nc1cccc(Cl)c1SC(F)F. The van der Waals surface area contributed by atoms with Crippen molar-refractivity contribution in [1.29, 1.82) is 0 Å². The van der Waals surface area contributed by atoms with Crippen molar-refractivity contribution in [2.75, 3.05) is 19.0 Å². The summed E-state index contributed by atoms with van der Waals surface area (Å²) in [5.74, 6) is -2.62. The zero-order valence-corrected chi connectivity index (χ0v) is 12.5. The number of nitrogens with one attached hydrogen (secondary N) is 2. The summed E-state index contributed by atoms with van der Waals surface area (Å²) in [6, 6.07) is 3.87. The lowest BCUT2D eigenvalue weighted by atomic mass is 10.3. The first-order valence-corrected chi connectivity index (χ1v) is 6.99. The van der Waals surface area contributed by atoms with Gasteiger partial charge in [-0.2, -0.15) is 8.78 Å². The minimum absolute atomic E-state index is 0.138. The van der Waals surface area contributed by atoms with E-state index in [9.17, 15) is 13.6 Å². The molecule has 2 amide bonds. The van der Waals surface area contributed by atoms with Crippen molar-refractivity contribution in [3.63, 3.8) is 0 Å². The fourth-order valence-electron chi connectivity index (χ4n) is 1.49. The third kappa shape index (κ3) is 5.52. The molecule has 2 N–H and O–H groups in total. The summed E-state index contributed by atoms with van der Waals surface area (Å²) in [5.41, 5.74) is 0.241. The number of anilines is 1. The Hall–Kier alpha value is -1.05. The van der Waals surface area contributed by atoms with Gasteiger partial charge in [0.05, 0.1) is 28.3 Å². The molecule has 20 heavy (non-hydrogen) atoms. The quantitative estimate of drug-likeness (QED) is 0.782. The van der Waals surface area contributed by atoms with Gasteiger partial charge in [0, 0.05) is 7.11 Å². The molecule has 1 rings (SSSR count). The van der Waals surface area contributed by atoms with E-state index in [1.165, 1.54) is 19.2 Å². The van der Waals surface area contributed by atoms with E-state index < -0.39 is 11.8 Å². The van der Waals surface area contributed by atoms with Crippen LogP contribution in [0.25, 0.3) is 0 Å². The van der Waals surface area contributed by atoms with Gasteiger partial charge in [-0.25, -0.2) is 4.79 Å². The van der Waals surface area contributed by atoms with Crippen LogP contribution < -0.4 is 10.6 Å². The van der Waals surface area contributed by atoms with Gasteiger partial charge in [0.2, 0.25) is 0 Å². The lowest BCUT2D eigenvalue weighted by molar-refractivity contribution is 0.173. The first kappa shape index (κ1) is 17.0. The molecule has 1 aromatic rings. The molecule has 8 heteroatoms. The van der Waals surface area contributed by atoms with E-state index in [0.717, 1.165) is 0 Å². The van der Waals surface area contributed by atoms with E-state index in [0.29, 0.717) is 18.4 Å². The normalized spacial score (nSPS) is 12.3. The Balaban J connectivity index is 2.76. The highest BCUT2D eigenvalue weighted by Crippen LogP contribution is 2.37. The number of carbonyl (C=O) groups excluding carboxylic acids is 1. The number of rotatable bonds is 6. The topological polar surface area (TPSA) is 50.4 Å². The van der Waals surface area contributed by atoms with Crippen LogP contribution in [0.4, 0.5) is 19.3 Å². The lowest BCUT2D eigenvalue weighted by Crippen LogP contribution is -2.38. The van der Waals surface area contributed by atoms with Gasteiger partial charge in [-0.3, -0.25) is 0 Å². The molecular weight excluding hydrogens is 310 g/mol. The number of ether oxygens (including phenoxy) is 1. The van der Waals surface area contributed by atoms with Crippen molar-refractivity contribution < 1.29 is 18.3 Å². The number of amides is 2. The number of carbonyl (C=O) groups is 1. The molecule has 0 heterocycles. The van der Waals surface area contributed by atoms with E-state index in [1.54, 1.807) is 13.0 Å².